The molecule has 0 bridgehead atoms. The lowest BCUT2D eigenvalue weighted by molar-refractivity contribution is 0.439. The minimum absolute atomic E-state index is 0.0209. The van der Waals surface area contributed by atoms with Gasteiger partial charge in [-0.3, -0.25) is 4.68 Å². The van der Waals surface area contributed by atoms with Gasteiger partial charge in [0.25, 0.3) is 0 Å². The number of aryl methyl sites for hydroxylation is 2. The Bertz CT molecular complexity index is 481. The summed E-state index contributed by atoms with van der Waals surface area (Å²) in [5.74, 6) is 0.705. The molecule has 0 saturated carbocycles. The highest BCUT2D eigenvalue weighted by Gasteiger charge is 2.31. The molecule has 2 heterocycles. The van der Waals surface area contributed by atoms with E-state index in [0.717, 1.165) is 24.8 Å². The number of hydrogen-bond donors (Lipinski definition) is 1. The van der Waals surface area contributed by atoms with Crippen LogP contribution < -0.4 is 5.73 Å². The summed E-state index contributed by atoms with van der Waals surface area (Å²) in [7, 11) is -0.934. The van der Waals surface area contributed by atoms with Crippen LogP contribution in [-0.4, -0.2) is 35.7 Å². The van der Waals surface area contributed by atoms with Crippen molar-refractivity contribution in [1.29, 1.82) is 0 Å². The van der Waals surface area contributed by atoms with Gasteiger partial charge in [-0.2, -0.15) is 5.10 Å². The predicted octanol–water partition coefficient (Wildman–Crippen LogP) is 0.115. The van der Waals surface area contributed by atoms with Crippen molar-refractivity contribution in [3.8, 4) is 0 Å². The average molecular weight is 257 g/mol. The third kappa shape index (κ3) is 3.29. The van der Waals surface area contributed by atoms with Crippen LogP contribution in [-0.2, 0) is 23.3 Å². The monoisotopic (exact) mass is 257 g/mol. The van der Waals surface area contributed by atoms with E-state index >= 15 is 0 Å². The first-order valence-electron chi connectivity index (χ1n) is 5.90. The summed E-state index contributed by atoms with van der Waals surface area (Å²) in [6.07, 6.45) is 6.21. The van der Waals surface area contributed by atoms with E-state index < -0.39 is 9.84 Å². The van der Waals surface area contributed by atoms with Gasteiger partial charge in [0, 0.05) is 19.3 Å². The number of sulfone groups is 1. The van der Waals surface area contributed by atoms with Gasteiger partial charge < -0.3 is 5.73 Å². The summed E-state index contributed by atoms with van der Waals surface area (Å²) in [5.41, 5.74) is 7.22. The molecule has 6 heteroatoms. The summed E-state index contributed by atoms with van der Waals surface area (Å²) in [5, 5.41) is 4.10. The van der Waals surface area contributed by atoms with Crippen molar-refractivity contribution >= 4 is 9.84 Å². The molecule has 1 aliphatic rings. The number of rotatable bonds is 4. The van der Waals surface area contributed by atoms with Crippen LogP contribution in [0.4, 0.5) is 0 Å². The van der Waals surface area contributed by atoms with E-state index in [1.165, 1.54) is 0 Å². The molecule has 17 heavy (non-hydrogen) atoms. The van der Waals surface area contributed by atoms with Crippen LogP contribution in [0.1, 0.15) is 18.4 Å². The lowest BCUT2D eigenvalue weighted by Crippen LogP contribution is -2.31. The zero-order valence-electron chi connectivity index (χ0n) is 10.0. The molecule has 1 aromatic heterocycles. The lowest BCUT2D eigenvalue weighted by Gasteiger charge is -2.16. The van der Waals surface area contributed by atoms with Crippen LogP contribution >= 0.6 is 0 Å². The second-order valence-electron chi connectivity index (χ2n) is 4.89. The Morgan fingerprint density at radius 2 is 2.41 bits per heavy atom. The number of hydrogen-bond acceptors (Lipinski definition) is 4. The summed E-state index contributed by atoms with van der Waals surface area (Å²) in [6, 6.07) is -0.0209. The molecule has 0 aliphatic carbocycles. The standard InChI is InChI=1S/C11H19N3O2S/c1-14-7-9(6-13-14)2-3-11(12)10-4-5-17(15,16)8-10/h6-7,10-11H,2-5,8,12H2,1H3. The quantitative estimate of drug-likeness (QED) is 0.830. The molecular weight excluding hydrogens is 238 g/mol. The van der Waals surface area contributed by atoms with E-state index in [1.54, 1.807) is 4.68 Å². The van der Waals surface area contributed by atoms with Crippen molar-refractivity contribution in [2.75, 3.05) is 11.5 Å². The molecule has 1 saturated heterocycles. The molecule has 2 N–H and O–H groups in total. The fourth-order valence-electron chi connectivity index (χ4n) is 2.33. The first-order valence-corrected chi connectivity index (χ1v) is 7.72. The van der Waals surface area contributed by atoms with Gasteiger partial charge in [0.15, 0.2) is 9.84 Å². The maximum Gasteiger partial charge on any atom is 0.150 e. The number of nitrogens with two attached hydrogens (primary N) is 1. The highest BCUT2D eigenvalue weighted by Crippen LogP contribution is 2.23. The lowest BCUT2D eigenvalue weighted by atomic mass is 9.95. The van der Waals surface area contributed by atoms with Crippen molar-refractivity contribution in [3.63, 3.8) is 0 Å². The van der Waals surface area contributed by atoms with Crippen LogP contribution in [0.3, 0.4) is 0 Å². The fraction of sp³-hybridized carbons (Fsp3) is 0.727. The Balaban J connectivity index is 1.84. The zero-order chi connectivity index (χ0) is 12.5. The third-order valence-corrected chi connectivity index (χ3v) is 5.19. The number of aromatic nitrogens is 2. The summed E-state index contributed by atoms with van der Waals surface area (Å²) < 4.78 is 24.5. The highest BCUT2D eigenvalue weighted by molar-refractivity contribution is 7.91. The molecule has 0 spiro atoms. The van der Waals surface area contributed by atoms with Crippen LogP contribution in [0.25, 0.3) is 0 Å². The molecular formula is C11H19N3O2S. The van der Waals surface area contributed by atoms with Gasteiger partial charge in [-0.25, -0.2) is 8.42 Å². The van der Waals surface area contributed by atoms with Crippen LogP contribution in [0.2, 0.25) is 0 Å². The topological polar surface area (TPSA) is 78.0 Å². The minimum Gasteiger partial charge on any atom is -0.327 e. The van der Waals surface area contributed by atoms with E-state index in [1.807, 2.05) is 19.4 Å². The average Bonchev–Trinajstić information content (AvgIpc) is 2.81. The Morgan fingerprint density at radius 1 is 1.65 bits per heavy atom. The van der Waals surface area contributed by atoms with Crippen molar-refractivity contribution in [2.45, 2.75) is 25.3 Å². The van der Waals surface area contributed by atoms with Crippen molar-refractivity contribution in [1.82, 2.24) is 9.78 Å². The Kier molecular flexibility index (Phi) is 3.53. The van der Waals surface area contributed by atoms with Gasteiger partial charge >= 0.3 is 0 Å². The third-order valence-electron chi connectivity index (χ3n) is 3.40. The van der Waals surface area contributed by atoms with E-state index in [-0.39, 0.29) is 17.7 Å². The molecule has 1 aliphatic heterocycles. The smallest absolute Gasteiger partial charge is 0.150 e. The Labute approximate surface area is 102 Å². The van der Waals surface area contributed by atoms with Gasteiger partial charge in [0.2, 0.25) is 0 Å². The maximum absolute atomic E-state index is 11.4. The fourth-order valence-corrected chi connectivity index (χ4v) is 4.23. The SMILES string of the molecule is Cn1cc(CCC(N)C2CCS(=O)(=O)C2)cn1. The molecule has 1 fully saturated rings. The maximum atomic E-state index is 11.4. The molecule has 96 valence electrons. The van der Waals surface area contributed by atoms with Gasteiger partial charge in [0.1, 0.15) is 0 Å². The molecule has 5 nitrogen and oxygen atoms in total. The minimum atomic E-state index is -2.82. The van der Waals surface area contributed by atoms with E-state index in [9.17, 15) is 8.42 Å². The summed E-state index contributed by atoms with van der Waals surface area (Å²) in [4.78, 5) is 0. The van der Waals surface area contributed by atoms with Crippen molar-refractivity contribution in [2.24, 2.45) is 18.7 Å². The summed E-state index contributed by atoms with van der Waals surface area (Å²) >= 11 is 0. The molecule has 2 rings (SSSR count). The van der Waals surface area contributed by atoms with Crippen LogP contribution in [0, 0.1) is 5.92 Å². The Hall–Kier alpha value is -0.880. The largest absolute Gasteiger partial charge is 0.327 e. The molecule has 2 atom stereocenters. The molecule has 1 aromatic rings. The van der Waals surface area contributed by atoms with E-state index in [0.29, 0.717) is 5.75 Å². The highest BCUT2D eigenvalue weighted by atomic mass is 32.2. The van der Waals surface area contributed by atoms with Crippen LogP contribution in [0.5, 0.6) is 0 Å². The van der Waals surface area contributed by atoms with Crippen molar-refractivity contribution < 1.29 is 8.42 Å². The predicted molar refractivity (Wildman–Crippen MR) is 66.3 cm³/mol. The molecule has 0 amide bonds. The second-order valence-corrected chi connectivity index (χ2v) is 7.12. The van der Waals surface area contributed by atoms with Crippen LogP contribution in [0.15, 0.2) is 12.4 Å². The Morgan fingerprint density at radius 3 is 2.94 bits per heavy atom. The van der Waals surface area contributed by atoms with E-state index in [4.69, 9.17) is 5.73 Å². The molecule has 0 radical (unpaired) electrons. The van der Waals surface area contributed by atoms with Gasteiger partial charge in [0.05, 0.1) is 17.7 Å². The van der Waals surface area contributed by atoms with Gasteiger partial charge in [-0.15, -0.1) is 0 Å². The van der Waals surface area contributed by atoms with Gasteiger partial charge in [-0.1, -0.05) is 0 Å². The molecule has 2 unspecified atom stereocenters. The normalized spacial score (nSPS) is 24.9. The van der Waals surface area contributed by atoms with Crippen molar-refractivity contribution in [3.05, 3.63) is 18.0 Å². The first kappa shape index (κ1) is 12.6. The number of nitrogens with zero attached hydrogens (tertiary/aromatic N) is 2. The zero-order valence-corrected chi connectivity index (χ0v) is 10.9. The summed E-state index contributed by atoms with van der Waals surface area (Å²) in [6.45, 7) is 0. The first-order chi connectivity index (χ1) is 7.96. The molecule has 0 aromatic carbocycles. The van der Waals surface area contributed by atoms with Gasteiger partial charge in [-0.05, 0) is 30.7 Å². The van der Waals surface area contributed by atoms with E-state index in [2.05, 4.69) is 5.10 Å². The second kappa shape index (κ2) is 4.78.